The Labute approximate surface area is 188 Å². The SMILES string of the molecule is CN(C)CCNc1nc(-c2ccc(F)c(Cl)c2)c2c(N)n(-c3ccccc3Cl)nc2n1. The molecule has 0 aliphatic heterocycles. The summed E-state index contributed by atoms with van der Waals surface area (Å²) in [7, 11) is 3.95. The first-order chi connectivity index (χ1) is 14.8. The fourth-order valence-electron chi connectivity index (χ4n) is 3.14. The van der Waals surface area contributed by atoms with Gasteiger partial charge in [-0.25, -0.2) is 14.1 Å². The molecule has 3 N–H and O–H groups in total. The van der Waals surface area contributed by atoms with E-state index in [2.05, 4.69) is 20.4 Å². The normalized spacial score (nSPS) is 11.4. The third kappa shape index (κ3) is 4.27. The van der Waals surface area contributed by atoms with Crippen LogP contribution in [0.15, 0.2) is 42.5 Å². The van der Waals surface area contributed by atoms with Crippen molar-refractivity contribution < 1.29 is 4.39 Å². The Morgan fingerprint density at radius 3 is 2.58 bits per heavy atom. The highest BCUT2D eigenvalue weighted by Gasteiger charge is 2.20. The van der Waals surface area contributed by atoms with E-state index in [1.165, 1.54) is 16.8 Å². The van der Waals surface area contributed by atoms with Crippen molar-refractivity contribution in [2.75, 3.05) is 38.2 Å². The number of aromatic nitrogens is 4. The molecule has 4 rings (SSSR count). The molecule has 160 valence electrons. The van der Waals surface area contributed by atoms with Gasteiger partial charge in [-0.05, 0) is 44.4 Å². The molecule has 0 unspecified atom stereocenters. The number of anilines is 2. The van der Waals surface area contributed by atoms with Crippen molar-refractivity contribution in [1.29, 1.82) is 0 Å². The van der Waals surface area contributed by atoms with Crippen molar-refractivity contribution in [1.82, 2.24) is 24.6 Å². The van der Waals surface area contributed by atoms with Crippen molar-refractivity contribution in [3.05, 3.63) is 58.3 Å². The van der Waals surface area contributed by atoms with Crippen molar-refractivity contribution in [2.45, 2.75) is 0 Å². The molecule has 31 heavy (non-hydrogen) atoms. The number of likely N-dealkylation sites (N-methyl/N-ethyl adjacent to an activating group) is 1. The Bertz CT molecular complexity index is 1260. The Hall–Kier alpha value is -2.94. The smallest absolute Gasteiger partial charge is 0.225 e. The quantitative estimate of drug-likeness (QED) is 0.441. The van der Waals surface area contributed by atoms with Gasteiger partial charge in [-0.3, -0.25) is 0 Å². The minimum Gasteiger partial charge on any atom is -0.383 e. The zero-order valence-electron chi connectivity index (χ0n) is 16.9. The highest BCUT2D eigenvalue weighted by molar-refractivity contribution is 6.32. The van der Waals surface area contributed by atoms with Crippen LogP contribution in [0.1, 0.15) is 0 Å². The third-order valence-electron chi connectivity index (χ3n) is 4.68. The summed E-state index contributed by atoms with van der Waals surface area (Å²) in [5.74, 6) is 0.187. The second-order valence-corrected chi connectivity index (χ2v) is 8.02. The van der Waals surface area contributed by atoms with Gasteiger partial charge in [0.05, 0.1) is 26.8 Å². The number of hydrogen-bond donors (Lipinski definition) is 2. The Kier molecular flexibility index (Phi) is 5.95. The average molecular weight is 460 g/mol. The molecule has 0 radical (unpaired) electrons. The summed E-state index contributed by atoms with van der Waals surface area (Å²) in [6.45, 7) is 1.41. The van der Waals surface area contributed by atoms with Gasteiger partial charge in [0.25, 0.3) is 0 Å². The first-order valence-corrected chi connectivity index (χ1v) is 10.3. The minimum absolute atomic E-state index is 0.0107. The molecule has 0 aliphatic carbocycles. The van der Waals surface area contributed by atoms with Gasteiger partial charge in [0.2, 0.25) is 5.95 Å². The lowest BCUT2D eigenvalue weighted by molar-refractivity contribution is 0.425. The largest absolute Gasteiger partial charge is 0.383 e. The van der Waals surface area contributed by atoms with Gasteiger partial charge in [0, 0.05) is 18.7 Å². The molecule has 4 aromatic rings. The fourth-order valence-corrected chi connectivity index (χ4v) is 3.54. The topological polar surface area (TPSA) is 84.9 Å². The summed E-state index contributed by atoms with van der Waals surface area (Å²) in [6.07, 6.45) is 0. The number of nitrogens with zero attached hydrogens (tertiary/aromatic N) is 5. The zero-order chi connectivity index (χ0) is 22.1. The number of nitrogen functional groups attached to an aromatic ring is 1. The summed E-state index contributed by atoms with van der Waals surface area (Å²) in [5, 5.41) is 8.78. The molecule has 2 aromatic carbocycles. The van der Waals surface area contributed by atoms with Crippen LogP contribution in [0.4, 0.5) is 16.2 Å². The predicted octanol–water partition coefficient (Wildman–Crippen LogP) is 4.48. The fraction of sp³-hybridized carbons (Fsp3) is 0.190. The molecular formula is C21H20Cl2FN7. The number of fused-ring (bicyclic) bond motifs is 1. The van der Waals surface area contributed by atoms with Gasteiger partial charge >= 0.3 is 0 Å². The van der Waals surface area contributed by atoms with E-state index in [1.54, 1.807) is 12.1 Å². The number of rotatable bonds is 6. The lowest BCUT2D eigenvalue weighted by atomic mass is 10.1. The number of hydrogen-bond acceptors (Lipinski definition) is 6. The summed E-state index contributed by atoms with van der Waals surface area (Å²) in [4.78, 5) is 11.2. The average Bonchev–Trinajstić information content (AvgIpc) is 3.06. The summed E-state index contributed by atoms with van der Waals surface area (Å²) in [6, 6.07) is 11.6. The molecule has 10 heteroatoms. The third-order valence-corrected chi connectivity index (χ3v) is 5.29. The van der Waals surface area contributed by atoms with Gasteiger partial charge < -0.3 is 16.0 Å². The van der Waals surface area contributed by atoms with Gasteiger partial charge in [-0.2, -0.15) is 4.98 Å². The van der Waals surface area contributed by atoms with E-state index in [0.29, 0.717) is 51.3 Å². The van der Waals surface area contributed by atoms with E-state index < -0.39 is 5.82 Å². The monoisotopic (exact) mass is 459 g/mol. The van der Waals surface area contributed by atoms with Crippen molar-refractivity contribution in [3.63, 3.8) is 0 Å². The first-order valence-electron chi connectivity index (χ1n) is 9.50. The highest BCUT2D eigenvalue weighted by Crippen LogP contribution is 2.35. The van der Waals surface area contributed by atoms with Crippen LogP contribution in [0.5, 0.6) is 0 Å². The Balaban J connectivity index is 1.91. The van der Waals surface area contributed by atoms with Crippen LogP contribution in [-0.2, 0) is 0 Å². The van der Waals surface area contributed by atoms with Crippen LogP contribution in [0, 0.1) is 5.82 Å². The van der Waals surface area contributed by atoms with Gasteiger partial charge in [-0.15, -0.1) is 5.10 Å². The zero-order valence-corrected chi connectivity index (χ0v) is 18.4. The van der Waals surface area contributed by atoms with Crippen LogP contribution in [-0.4, -0.2) is 51.8 Å². The van der Waals surface area contributed by atoms with Gasteiger partial charge in [0.15, 0.2) is 5.65 Å². The maximum atomic E-state index is 13.8. The molecule has 0 bridgehead atoms. The highest BCUT2D eigenvalue weighted by atomic mass is 35.5. The number of halogens is 3. The van der Waals surface area contributed by atoms with Crippen LogP contribution in [0.3, 0.4) is 0 Å². The molecule has 0 amide bonds. The molecule has 2 heterocycles. The van der Waals surface area contributed by atoms with Crippen molar-refractivity contribution in [2.24, 2.45) is 0 Å². The Morgan fingerprint density at radius 2 is 1.87 bits per heavy atom. The van der Waals surface area contributed by atoms with E-state index in [4.69, 9.17) is 28.9 Å². The van der Waals surface area contributed by atoms with E-state index in [1.807, 2.05) is 37.2 Å². The molecule has 0 saturated heterocycles. The lowest BCUT2D eigenvalue weighted by Crippen LogP contribution is -2.21. The lowest BCUT2D eigenvalue weighted by Gasteiger charge is -2.11. The molecule has 7 nitrogen and oxygen atoms in total. The maximum Gasteiger partial charge on any atom is 0.225 e. The number of nitrogens with two attached hydrogens (primary N) is 1. The molecular weight excluding hydrogens is 440 g/mol. The number of benzene rings is 2. The molecule has 2 aromatic heterocycles. The molecule has 0 saturated carbocycles. The summed E-state index contributed by atoms with van der Waals surface area (Å²) < 4.78 is 15.3. The number of nitrogens with one attached hydrogen (secondary N) is 1. The number of para-hydroxylation sites is 1. The summed E-state index contributed by atoms with van der Waals surface area (Å²) >= 11 is 12.4. The maximum absolute atomic E-state index is 13.8. The predicted molar refractivity (Wildman–Crippen MR) is 124 cm³/mol. The van der Waals surface area contributed by atoms with Crippen LogP contribution in [0.25, 0.3) is 28.0 Å². The van der Waals surface area contributed by atoms with Gasteiger partial charge in [0.1, 0.15) is 11.6 Å². The molecule has 0 spiro atoms. The van der Waals surface area contributed by atoms with Crippen LogP contribution < -0.4 is 11.1 Å². The first kappa shape index (κ1) is 21.3. The minimum atomic E-state index is -0.514. The van der Waals surface area contributed by atoms with Crippen molar-refractivity contribution >= 4 is 46.0 Å². The van der Waals surface area contributed by atoms with Crippen molar-refractivity contribution in [3.8, 4) is 16.9 Å². The standard InChI is InChI=1S/C21H20Cl2FN7/c1-30(2)10-9-26-21-27-18(12-7-8-15(24)14(23)11-12)17-19(25)31(29-20(17)28-21)16-6-4-3-5-13(16)22/h3-8,11H,9-10,25H2,1-2H3,(H,26,28,29). The van der Waals surface area contributed by atoms with Crippen LogP contribution in [0.2, 0.25) is 10.0 Å². The Morgan fingerprint density at radius 1 is 1.10 bits per heavy atom. The second-order valence-electron chi connectivity index (χ2n) is 7.20. The molecule has 0 fully saturated rings. The van der Waals surface area contributed by atoms with Gasteiger partial charge in [-0.1, -0.05) is 35.3 Å². The molecule has 0 aliphatic rings. The van der Waals surface area contributed by atoms with E-state index in [9.17, 15) is 4.39 Å². The summed E-state index contributed by atoms with van der Waals surface area (Å²) in [5.41, 5.74) is 8.56. The van der Waals surface area contributed by atoms with Crippen LogP contribution >= 0.6 is 23.2 Å². The van der Waals surface area contributed by atoms with E-state index >= 15 is 0 Å². The van der Waals surface area contributed by atoms with E-state index in [-0.39, 0.29) is 5.02 Å². The second kappa shape index (κ2) is 8.66. The molecule has 0 atom stereocenters. The van der Waals surface area contributed by atoms with E-state index in [0.717, 1.165) is 6.54 Å².